The summed E-state index contributed by atoms with van der Waals surface area (Å²) in [6.07, 6.45) is 2.92. The third-order valence-electron chi connectivity index (χ3n) is 1.25. The van der Waals surface area contributed by atoms with E-state index in [2.05, 4.69) is 19.9 Å². The van der Waals surface area contributed by atoms with Crippen molar-refractivity contribution in [3.63, 3.8) is 0 Å². The van der Waals surface area contributed by atoms with E-state index in [1.807, 2.05) is 0 Å². The molecule has 53 valence electrons. The molecular formula is C5H5N5Tl. The first-order valence-electron chi connectivity index (χ1n) is 2.77. The number of hydrogen-bond acceptors (Lipinski definition) is 4. The van der Waals surface area contributed by atoms with Crippen LogP contribution in [0.3, 0.4) is 0 Å². The maximum atomic E-state index is 5.48. The number of fused-ring (bicyclic) bond motifs is 1. The van der Waals surface area contributed by atoms with Crippen LogP contribution < -0.4 is 5.73 Å². The first kappa shape index (κ1) is 8.37. The Bertz CT molecular complexity index is 356. The van der Waals surface area contributed by atoms with Gasteiger partial charge >= 0.3 is 0 Å². The predicted octanol–water partition coefficient (Wildman–Crippen LogP) is -0.446. The molecule has 5 nitrogen and oxygen atoms in total. The third-order valence-corrected chi connectivity index (χ3v) is 1.25. The van der Waals surface area contributed by atoms with E-state index < -0.39 is 0 Å². The molecule has 2 rings (SSSR count). The van der Waals surface area contributed by atoms with Gasteiger partial charge in [-0.2, -0.15) is 0 Å². The fourth-order valence-corrected chi connectivity index (χ4v) is 0.784. The van der Waals surface area contributed by atoms with Crippen molar-refractivity contribution in [3.05, 3.63) is 12.7 Å². The summed E-state index contributed by atoms with van der Waals surface area (Å²) in [5, 5.41) is 0. The molecule has 0 aliphatic heterocycles. The second-order valence-electron chi connectivity index (χ2n) is 1.86. The van der Waals surface area contributed by atoms with Crippen molar-refractivity contribution in [3.8, 4) is 0 Å². The number of H-pyrrole nitrogens is 1. The Hall–Kier alpha value is -0.728. The molecule has 11 heavy (non-hydrogen) atoms. The third kappa shape index (κ3) is 1.32. The minimum absolute atomic E-state index is 0. The number of nitrogens with one attached hydrogen (secondary N) is 1. The average Bonchev–Trinajstić information content (AvgIpc) is 2.36. The van der Waals surface area contributed by atoms with Gasteiger partial charge in [-0.3, -0.25) is 0 Å². The molecule has 0 unspecified atom stereocenters. The Balaban J connectivity index is 0.000000605. The summed E-state index contributed by atoms with van der Waals surface area (Å²) in [4.78, 5) is 14.4. The summed E-state index contributed by atoms with van der Waals surface area (Å²) in [6.45, 7) is 0. The summed E-state index contributed by atoms with van der Waals surface area (Å²) in [6, 6.07) is 0. The van der Waals surface area contributed by atoms with E-state index in [4.69, 9.17) is 5.73 Å². The molecule has 0 aliphatic rings. The Morgan fingerprint density at radius 2 is 2.09 bits per heavy atom. The number of aromatic nitrogens is 4. The summed E-state index contributed by atoms with van der Waals surface area (Å²) < 4.78 is 0. The normalized spacial score (nSPS) is 9.45. The van der Waals surface area contributed by atoms with Gasteiger partial charge in [-0.05, 0) is 0 Å². The standard InChI is InChI=1S/C5H5N5.Tl/c6-4-3-5(9-1-7-3)10-2-8-4;/h1-2H,(H3,6,7,8,9,10);. The molecule has 0 amide bonds. The van der Waals surface area contributed by atoms with Crippen LogP contribution in [0.4, 0.5) is 5.82 Å². The van der Waals surface area contributed by atoms with Gasteiger partial charge in [0.05, 0.1) is 6.33 Å². The quantitative estimate of drug-likeness (QED) is 0.638. The molecule has 0 spiro atoms. The van der Waals surface area contributed by atoms with Crippen molar-refractivity contribution < 1.29 is 0 Å². The summed E-state index contributed by atoms with van der Waals surface area (Å²) in [7, 11) is 0. The largest absolute Gasteiger partial charge is 0.382 e. The first-order valence-corrected chi connectivity index (χ1v) is 2.77. The fraction of sp³-hybridized carbons (Fsp3) is 0. The zero-order chi connectivity index (χ0) is 6.97. The number of nitrogens with two attached hydrogens (primary N) is 1. The zero-order valence-corrected chi connectivity index (χ0v) is 10.1. The van der Waals surface area contributed by atoms with E-state index in [1.54, 1.807) is 0 Å². The second kappa shape index (κ2) is 3.11. The number of imidazole rings is 1. The van der Waals surface area contributed by atoms with Gasteiger partial charge < -0.3 is 10.7 Å². The van der Waals surface area contributed by atoms with Gasteiger partial charge in [0.2, 0.25) is 0 Å². The van der Waals surface area contributed by atoms with E-state index in [-0.39, 0.29) is 27.3 Å². The van der Waals surface area contributed by atoms with E-state index >= 15 is 0 Å². The number of aromatic amines is 1. The van der Waals surface area contributed by atoms with E-state index in [0.29, 0.717) is 17.0 Å². The molecule has 6 heteroatoms. The topological polar surface area (TPSA) is 80.5 Å². The number of hydrogen-bond donors (Lipinski definition) is 2. The number of anilines is 1. The van der Waals surface area contributed by atoms with E-state index in [9.17, 15) is 0 Å². The molecule has 0 atom stereocenters. The van der Waals surface area contributed by atoms with Gasteiger partial charge in [0, 0.05) is 27.3 Å². The van der Waals surface area contributed by atoms with E-state index in [1.165, 1.54) is 12.7 Å². The van der Waals surface area contributed by atoms with Crippen molar-refractivity contribution >= 4 is 44.3 Å². The molecule has 2 heterocycles. The van der Waals surface area contributed by atoms with Gasteiger partial charge in [-0.25, -0.2) is 15.0 Å². The predicted molar refractivity (Wildman–Crippen MR) is 41.9 cm³/mol. The van der Waals surface area contributed by atoms with Crippen molar-refractivity contribution in [1.82, 2.24) is 19.9 Å². The SMILES string of the molecule is Nc1ncnc2nc[nH]c12.[Tl]. The molecule has 0 fully saturated rings. The van der Waals surface area contributed by atoms with Crippen LogP contribution in [-0.4, -0.2) is 47.2 Å². The number of nitrogens with zero attached hydrogens (tertiary/aromatic N) is 3. The summed E-state index contributed by atoms with van der Waals surface area (Å²) in [5.41, 5.74) is 6.78. The summed E-state index contributed by atoms with van der Waals surface area (Å²) in [5.74, 6) is 0.433. The van der Waals surface area contributed by atoms with Crippen LogP contribution in [0.2, 0.25) is 0 Å². The summed E-state index contributed by atoms with van der Waals surface area (Å²) >= 11 is 0. The first-order chi connectivity index (χ1) is 4.88. The molecule has 0 saturated heterocycles. The van der Waals surface area contributed by atoms with Crippen molar-refractivity contribution in [2.75, 3.05) is 5.73 Å². The van der Waals surface area contributed by atoms with Crippen LogP contribution in [0.5, 0.6) is 0 Å². The number of rotatable bonds is 0. The van der Waals surface area contributed by atoms with Crippen LogP contribution in [0.25, 0.3) is 11.2 Å². The van der Waals surface area contributed by atoms with Crippen molar-refractivity contribution in [2.24, 2.45) is 0 Å². The van der Waals surface area contributed by atoms with Gasteiger partial charge in [-0.1, -0.05) is 0 Å². The molecule has 2 aromatic heterocycles. The fourth-order valence-electron chi connectivity index (χ4n) is 0.784. The Morgan fingerprint density at radius 1 is 1.27 bits per heavy atom. The maximum Gasteiger partial charge on any atom is 0.182 e. The molecule has 0 aliphatic carbocycles. The van der Waals surface area contributed by atoms with Crippen LogP contribution in [0, 0.1) is 0 Å². The molecule has 0 saturated carbocycles. The van der Waals surface area contributed by atoms with Crippen LogP contribution >= 0.6 is 0 Å². The molecule has 0 bridgehead atoms. The molecule has 0 aromatic carbocycles. The zero-order valence-electron chi connectivity index (χ0n) is 5.65. The van der Waals surface area contributed by atoms with E-state index in [0.717, 1.165) is 0 Å². The van der Waals surface area contributed by atoms with Crippen molar-refractivity contribution in [1.29, 1.82) is 0 Å². The van der Waals surface area contributed by atoms with Gasteiger partial charge in [0.15, 0.2) is 11.5 Å². The van der Waals surface area contributed by atoms with Crippen LogP contribution in [-0.2, 0) is 0 Å². The Kier molecular flexibility index (Phi) is 2.37. The Morgan fingerprint density at radius 3 is 2.82 bits per heavy atom. The van der Waals surface area contributed by atoms with Crippen molar-refractivity contribution in [2.45, 2.75) is 0 Å². The average molecular weight is 340 g/mol. The number of nitrogen functional groups attached to an aromatic ring is 1. The second-order valence-corrected chi connectivity index (χ2v) is 1.86. The van der Waals surface area contributed by atoms with Gasteiger partial charge in [0.1, 0.15) is 11.8 Å². The minimum Gasteiger partial charge on any atom is -0.382 e. The molecular weight excluding hydrogens is 334 g/mol. The van der Waals surface area contributed by atoms with Gasteiger partial charge in [0.25, 0.3) is 0 Å². The van der Waals surface area contributed by atoms with Crippen LogP contribution in [0.1, 0.15) is 0 Å². The van der Waals surface area contributed by atoms with Crippen LogP contribution in [0.15, 0.2) is 12.7 Å². The smallest absolute Gasteiger partial charge is 0.182 e. The molecule has 3 N–H and O–H groups in total. The maximum absolute atomic E-state index is 5.48. The van der Waals surface area contributed by atoms with Gasteiger partial charge in [-0.15, -0.1) is 0 Å². The molecule has 2 aromatic rings. The molecule has 1 radical (unpaired) electrons. The Labute approximate surface area is 82.6 Å². The minimum atomic E-state index is 0. The monoisotopic (exact) mass is 340 g/mol.